The van der Waals surface area contributed by atoms with Gasteiger partial charge in [0.05, 0.1) is 7.11 Å². The van der Waals surface area contributed by atoms with Crippen LogP contribution in [-0.4, -0.2) is 7.11 Å². The molecule has 1 nitrogen and oxygen atoms in total. The van der Waals surface area contributed by atoms with Crippen LogP contribution >= 0.6 is 0 Å². The van der Waals surface area contributed by atoms with Gasteiger partial charge in [0, 0.05) is 0 Å². The smallest absolute Gasteiger partial charge is 0.165 e. The van der Waals surface area contributed by atoms with Gasteiger partial charge in [0.1, 0.15) is 0 Å². The minimum atomic E-state index is -0.313. The van der Waals surface area contributed by atoms with Crippen LogP contribution in [0.4, 0.5) is 4.39 Å². The molecule has 17 heavy (non-hydrogen) atoms. The zero-order valence-electron chi connectivity index (χ0n) is 11.7. The number of methoxy groups -OCH3 is 1. The highest BCUT2D eigenvalue weighted by Gasteiger charge is 2.04. The molecule has 0 unspecified atom stereocenters. The molecular weight excluding hydrogens is 215 g/mol. The Kier molecular flexibility index (Phi) is 7.27. The molecule has 0 fully saturated rings. The van der Waals surface area contributed by atoms with Gasteiger partial charge in [-0.1, -0.05) is 39.8 Å². The van der Waals surface area contributed by atoms with Crippen LogP contribution in [0.25, 0.3) is 5.57 Å². The van der Waals surface area contributed by atoms with Crippen molar-refractivity contribution in [1.82, 2.24) is 0 Å². The molecule has 0 bridgehead atoms. The molecule has 0 atom stereocenters. The molecule has 96 valence electrons. The molecule has 0 aromatic heterocycles. The van der Waals surface area contributed by atoms with Crippen LogP contribution in [-0.2, 0) is 0 Å². The summed E-state index contributed by atoms with van der Waals surface area (Å²) in [5.74, 6) is 0.442. The van der Waals surface area contributed by atoms with Crippen LogP contribution in [0.2, 0.25) is 0 Å². The normalized spacial score (nSPS) is 10.9. The summed E-state index contributed by atoms with van der Waals surface area (Å²) in [4.78, 5) is 0. The van der Waals surface area contributed by atoms with Crippen LogP contribution < -0.4 is 4.74 Å². The highest BCUT2D eigenvalue weighted by molar-refractivity contribution is 5.64. The first-order chi connectivity index (χ1) is 8.04. The molecule has 0 radical (unpaired) electrons. The van der Waals surface area contributed by atoms with E-state index in [1.54, 1.807) is 6.07 Å². The zero-order valence-corrected chi connectivity index (χ0v) is 11.7. The predicted molar refractivity (Wildman–Crippen MR) is 72.8 cm³/mol. The zero-order chi connectivity index (χ0) is 13.4. The van der Waals surface area contributed by atoms with Crippen molar-refractivity contribution in [3.8, 4) is 5.75 Å². The summed E-state index contributed by atoms with van der Waals surface area (Å²) >= 11 is 0. The number of hydrogen-bond acceptors (Lipinski definition) is 1. The van der Waals surface area contributed by atoms with Crippen molar-refractivity contribution in [3.05, 3.63) is 35.7 Å². The van der Waals surface area contributed by atoms with E-state index >= 15 is 0 Å². The van der Waals surface area contributed by atoms with Crippen molar-refractivity contribution in [2.75, 3.05) is 7.11 Å². The van der Waals surface area contributed by atoms with Crippen LogP contribution in [0, 0.1) is 11.7 Å². The second-order valence-corrected chi connectivity index (χ2v) is 3.94. The number of allylic oxidation sites excluding steroid dienone is 2. The predicted octanol–water partition coefficient (Wildman–Crippen LogP) is 4.92. The number of ether oxygens (including phenoxy) is 1. The minimum absolute atomic E-state index is 0.288. The van der Waals surface area contributed by atoms with Gasteiger partial charge in [0.25, 0.3) is 0 Å². The monoisotopic (exact) mass is 238 g/mol. The fraction of sp³-hybridized carbons (Fsp3) is 0.467. The summed E-state index contributed by atoms with van der Waals surface area (Å²) in [5.41, 5.74) is 1.99. The Morgan fingerprint density at radius 2 is 1.88 bits per heavy atom. The Labute approximate surface area is 104 Å². The molecule has 0 spiro atoms. The van der Waals surface area contributed by atoms with Crippen molar-refractivity contribution < 1.29 is 9.13 Å². The van der Waals surface area contributed by atoms with Crippen LogP contribution in [0.3, 0.4) is 0 Å². The van der Waals surface area contributed by atoms with Gasteiger partial charge in [-0.25, -0.2) is 4.39 Å². The SMILES string of the molecule is CC.COc1ccc(/C(C)=C/C(C)C)cc1F. The molecule has 0 aliphatic heterocycles. The Hall–Kier alpha value is -1.31. The van der Waals surface area contributed by atoms with Crippen molar-refractivity contribution in [2.24, 2.45) is 5.92 Å². The van der Waals surface area contributed by atoms with Gasteiger partial charge in [0.2, 0.25) is 0 Å². The average Bonchev–Trinajstić information content (AvgIpc) is 2.30. The molecule has 0 heterocycles. The average molecular weight is 238 g/mol. The van der Waals surface area contributed by atoms with E-state index < -0.39 is 0 Å². The molecular formula is C15H23FO. The lowest BCUT2D eigenvalue weighted by Crippen LogP contribution is -1.90. The Bertz CT molecular complexity index is 367. The first kappa shape index (κ1) is 15.7. The maximum absolute atomic E-state index is 13.4. The van der Waals surface area contributed by atoms with E-state index in [-0.39, 0.29) is 11.6 Å². The van der Waals surface area contributed by atoms with Crippen molar-refractivity contribution in [2.45, 2.75) is 34.6 Å². The molecule has 0 aliphatic carbocycles. The van der Waals surface area contributed by atoms with Crippen LogP contribution in [0.5, 0.6) is 5.75 Å². The van der Waals surface area contributed by atoms with E-state index in [1.165, 1.54) is 13.2 Å². The van der Waals surface area contributed by atoms with Gasteiger partial charge in [-0.15, -0.1) is 0 Å². The summed E-state index contributed by atoms with van der Waals surface area (Å²) in [7, 11) is 1.47. The van der Waals surface area contributed by atoms with E-state index in [0.717, 1.165) is 11.1 Å². The van der Waals surface area contributed by atoms with Crippen molar-refractivity contribution >= 4 is 5.57 Å². The van der Waals surface area contributed by atoms with Crippen molar-refractivity contribution in [1.29, 1.82) is 0 Å². The first-order valence-corrected chi connectivity index (χ1v) is 6.07. The van der Waals surface area contributed by atoms with Crippen LogP contribution in [0.1, 0.15) is 40.2 Å². The van der Waals surface area contributed by atoms with Crippen LogP contribution in [0.15, 0.2) is 24.3 Å². The second-order valence-electron chi connectivity index (χ2n) is 3.94. The first-order valence-electron chi connectivity index (χ1n) is 6.07. The van der Waals surface area contributed by atoms with Gasteiger partial charge in [0.15, 0.2) is 11.6 Å². The number of hydrogen-bond donors (Lipinski definition) is 0. The second kappa shape index (κ2) is 7.88. The Morgan fingerprint density at radius 1 is 1.29 bits per heavy atom. The highest BCUT2D eigenvalue weighted by Crippen LogP contribution is 2.23. The third kappa shape index (κ3) is 5.03. The molecule has 0 N–H and O–H groups in total. The molecule has 1 aromatic rings. The van der Waals surface area contributed by atoms with E-state index in [9.17, 15) is 4.39 Å². The molecule has 2 heteroatoms. The topological polar surface area (TPSA) is 9.23 Å². The van der Waals surface area contributed by atoms with Gasteiger partial charge in [-0.05, 0) is 36.1 Å². The lowest BCUT2D eigenvalue weighted by molar-refractivity contribution is 0.386. The summed E-state index contributed by atoms with van der Waals surface area (Å²) in [6.07, 6.45) is 2.11. The standard InChI is InChI=1S/C13H17FO.C2H6/c1-9(2)7-10(3)11-5-6-13(15-4)12(14)8-11;1-2/h5-9H,1-4H3;1-2H3/b10-7+;. The fourth-order valence-electron chi connectivity index (χ4n) is 1.51. The number of halogens is 1. The molecule has 1 aromatic carbocycles. The quantitative estimate of drug-likeness (QED) is 0.726. The van der Waals surface area contributed by atoms with Gasteiger partial charge < -0.3 is 4.74 Å². The third-order valence-electron chi connectivity index (χ3n) is 2.19. The lowest BCUT2D eigenvalue weighted by Gasteiger charge is -2.06. The van der Waals surface area contributed by atoms with Gasteiger partial charge >= 0.3 is 0 Å². The summed E-state index contributed by atoms with van der Waals surface area (Å²) in [6, 6.07) is 5.03. The van der Waals surface area contributed by atoms with E-state index in [2.05, 4.69) is 19.9 Å². The third-order valence-corrected chi connectivity index (χ3v) is 2.19. The number of rotatable bonds is 3. The van der Waals surface area contributed by atoms with Crippen molar-refractivity contribution in [3.63, 3.8) is 0 Å². The number of benzene rings is 1. The van der Waals surface area contributed by atoms with E-state index in [0.29, 0.717) is 5.92 Å². The molecule has 0 amide bonds. The molecule has 0 saturated carbocycles. The minimum Gasteiger partial charge on any atom is -0.494 e. The Balaban J connectivity index is 0.00000121. The highest BCUT2D eigenvalue weighted by atomic mass is 19.1. The summed E-state index contributed by atoms with van der Waals surface area (Å²) in [5, 5.41) is 0. The summed E-state index contributed by atoms with van der Waals surface area (Å²) in [6.45, 7) is 10.2. The lowest BCUT2D eigenvalue weighted by atomic mass is 10.0. The Morgan fingerprint density at radius 3 is 2.29 bits per heavy atom. The fourth-order valence-corrected chi connectivity index (χ4v) is 1.51. The van der Waals surface area contributed by atoms with E-state index in [4.69, 9.17) is 4.74 Å². The van der Waals surface area contributed by atoms with Gasteiger partial charge in [-0.3, -0.25) is 0 Å². The molecule has 0 aliphatic rings. The maximum atomic E-state index is 13.4. The largest absolute Gasteiger partial charge is 0.494 e. The molecule has 0 saturated heterocycles. The van der Waals surface area contributed by atoms with Gasteiger partial charge in [-0.2, -0.15) is 0 Å². The maximum Gasteiger partial charge on any atom is 0.165 e. The molecule has 1 rings (SSSR count). The van der Waals surface area contributed by atoms with E-state index in [1.807, 2.05) is 26.8 Å². The summed E-state index contributed by atoms with van der Waals surface area (Å²) < 4.78 is 18.3.